The van der Waals surface area contributed by atoms with E-state index in [2.05, 4.69) is 5.32 Å². The Morgan fingerprint density at radius 3 is 3.00 bits per heavy atom. The van der Waals surface area contributed by atoms with Gasteiger partial charge in [-0.05, 0) is 24.6 Å². The topological polar surface area (TPSA) is 29.1 Å². The van der Waals surface area contributed by atoms with E-state index in [0.29, 0.717) is 11.5 Å². The number of alkyl halides is 1. The van der Waals surface area contributed by atoms with Crippen LogP contribution in [0.15, 0.2) is 24.3 Å². The highest BCUT2D eigenvalue weighted by Gasteiger charge is 2.01. The van der Waals surface area contributed by atoms with Gasteiger partial charge in [0.05, 0.1) is 12.4 Å². The zero-order valence-electron chi connectivity index (χ0n) is 8.63. The molecule has 1 aromatic rings. The number of carbonyl (C=O) groups is 1. The second-order valence-electron chi connectivity index (χ2n) is 3.16. The first-order valence-electron chi connectivity index (χ1n) is 4.72. The Morgan fingerprint density at radius 2 is 2.33 bits per heavy atom. The molecule has 0 saturated carbocycles. The molecule has 0 spiro atoms. The fourth-order valence-corrected chi connectivity index (χ4v) is 1.65. The maximum Gasteiger partial charge on any atom is 0.234 e. The van der Waals surface area contributed by atoms with E-state index in [0.717, 1.165) is 11.3 Å². The summed E-state index contributed by atoms with van der Waals surface area (Å²) in [5.41, 5.74) is 1.89. The molecular formula is C11H14FNOS. The number of carbonyl (C=O) groups excluding carboxylic acids is 1. The first-order valence-corrected chi connectivity index (χ1v) is 5.88. The first-order chi connectivity index (χ1) is 7.22. The van der Waals surface area contributed by atoms with Crippen molar-refractivity contribution in [2.45, 2.75) is 6.92 Å². The van der Waals surface area contributed by atoms with Gasteiger partial charge in [0, 0.05) is 11.4 Å². The first kappa shape index (κ1) is 12.0. The Kier molecular flexibility index (Phi) is 5.18. The highest BCUT2D eigenvalue weighted by Crippen LogP contribution is 2.10. The number of benzene rings is 1. The molecule has 0 aliphatic heterocycles. The summed E-state index contributed by atoms with van der Waals surface area (Å²) < 4.78 is 11.8. The molecule has 1 rings (SSSR count). The Hall–Kier alpha value is -1.03. The van der Waals surface area contributed by atoms with Crippen molar-refractivity contribution in [3.8, 4) is 0 Å². The number of amides is 1. The second kappa shape index (κ2) is 6.45. The van der Waals surface area contributed by atoms with E-state index in [4.69, 9.17) is 0 Å². The van der Waals surface area contributed by atoms with E-state index in [9.17, 15) is 9.18 Å². The van der Waals surface area contributed by atoms with E-state index in [1.165, 1.54) is 11.8 Å². The summed E-state index contributed by atoms with van der Waals surface area (Å²) in [5, 5.41) is 2.76. The lowest BCUT2D eigenvalue weighted by atomic mass is 10.2. The third-order valence-electron chi connectivity index (χ3n) is 1.76. The minimum atomic E-state index is -0.387. The molecule has 2 nitrogen and oxygen atoms in total. The van der Waals surface area contributed by atoms with Gasteiger partial charge in [-0.1, -0.05) is 12.1 Å². The Morgan fingerprint density at radius 1 is 1.53 bits per heavy atom. The normalized spacial score (nSPS) is 10.0. The lowest BCUT2D eigenvalue weighted by Gasteiger charge is -2.05. The van der Waals surface area contributed by atoms with Crippen LogP contribution in [-0.4, -0.2) is 24.1 Å². The van der Waals surface area contributed by atoms with Gasteiger partial charge >= 0.3 is 0 Å². The molecule has 0 aliphatic carbocycles. The van der Waals surface area contributed by atoms with Gasteiger partial charge in [-0.3, -0.25) is 9.18 Å². The average molecular weight is 227 g/mol. The number of hydrogen-bond acceptors (Lipinski definition) is 2. The third-order valence-corrected chi connectivity index (χ3v) is 2.67. The maximum absolute atomic E-state index is 11.8. The minimum Gasteiger partial charge on any atom is -0.325 e. The highest BCUT2D eigenvalue weighted by molar-refractivity contribution is 7.99. The van der Waals surface area contributed by atoms with E-state index >= 15 is 0 Å². The zero-order chi connectivity index (χ0) is 11.1. The van der Waals surface area contributed by atoms with Crippen LogP contribution in [0, 0.1) is 6.92 Å². The molecule has 4 heteroatoms. The fraction of sp³-hybridized carbons (Fsp3) is 0.364. The summed E-state index contributed by atoms with van der Waals surface area (Å²) in [6.45, 7) is 1.58. The van der Waals surface area contributed by atoms with Crippen LogP contribution in [0.4, 0.5) is 10.1 Å². The summed E-state index contributed by atoms with van der Waals surface area (Å²) in [6.07, 6.45) is 0. The van der Waals surface area contributed by atoms with Crippen LogP contribution in [0.2, 0.25) is 0 Å². The Labute approximate surface area is 93.3 Å². The van der Waals surface area contributed by atoms with Crippen molar-refractivity contribution in [2.24, 2.45) is 0 Å². The van der Waals surface area contributed by atoms with E-state index in [-0.39, 0.29) is 12.6 Å². The van der Waals surface area contributed by atoms with Gasteiger partial charge in [-0.15, -0.1) is 11.8 Å². The molecule has 1 N–H and O–H groups in total. The van der Waals surface area contributed by atoms with Crippen molar-refractivity contribution >= 4 is 23.4 Å². The van der Waals surface area contributed by atoms with Crippen molar-refractivity contribution in [3.63, 3.8) is 0 Å². The summed E-state index contributed by atoms with van der Waals surface area (Å²) in [5.74, 6) is 0.595. The summed E-state index contributed by atoms with van der Waals surface area (Å²) >= 11 is 1.30. The number of anilines is 1. The Bertz CT molecular complexity index is 330. The zero-order valence-corrected chi connectivity index (χ0v) is 9.44. The number of aryl methyl sites for hydroxylation is 1. The molecule has 0 heterocycles. The third kappa shape index (κ3) is 4.83. The van der Waals surface area contributed by atoms with Crippen LogP contribution >= 0.6 is 11.8 Å². The molecule has 82 valence electrons. The standard InChI is InChI=1S/C11H14FNOS/c1-9-3-2-4-10(7-9)13-11(14)8-15-6-5-12/h2-4,7H,5-6,8H2,1H3,(H,13,14). The SMILES string of the molecule is Cc1cccc(NC(=O)CSCCF)c1. The minimum absolute atomic E-state index is 0.0842. The number of rotatable bonds is 5. The Balaban J connectivity index is 2.37. The van der Waals surface area contributed by atoms with Crippen molar-refractivity contribution in [2.75, 3.05) is 23.5 Å². The van der Waals surface area contributed by atoms with Crippen molar-refractivity contribution < 1.29 is 9.18 Å². The molecule has 1 amide bonds. The summed E-state index contributed by atoms with van der Waals surface area (Å²) in [6, 6.07) is 7.59. The molecule has 0 unspecified atom stereocenters. The summed E-state index contributed by atoms with van der Waals surface area (Å²) in [7, 11) is 0. The van der Waals surface area contributed by atoms with Crippen molar-refractivity contribution in [1.82, 2.24) is 0 Å². The van der Waals surface area contributed by atoms with Gasteiger partial charge in [0.25, 0.3) is 0 Å². The molecule has 1 aromatic carbocycles. The molecule has 0 bridgehead atoms. The maximum atomic E-state index is 11.8. The van der Waals surface area contributed by atoms with E-state index in [1.807, 2.05) is 31.2 Å². The molecule has 0 aromatic heterocycles. The smallest absolute Gasteiger partial charge is 0.234 e. The van der Waals surface area contributed by atoms with Crippen LogP contribution in [0.1, 0.15) is 5.56 Å². The van der Waals surface area contributed by atoms with Gasteiger partial charge < -0.3 is 5.32 Å². The second-order valence-corrected chi connectivity index (χ2v) is 4.26. The molecule has 0 atom stereocenters. The van der Waals surface area contributed by atoms with Gasteiger partial charge in [-0.2, -0.15) is 0 Å². The average Bonchev–Trinajstić information content (AvgIpc) is 2.18. The van der Waals surface area contributed by atoms with E-state index in [1.54, 1.807) is 0 Å². The predicted octanol–water partition coefficient (Wildman–Crippen LogP) is 2.64. The van der Waals surface area contributed by atoms with Crippen molar-refractivity contribution in [1.29, 1.82) is 0 Å². The van der Waals surface area contributed by atoms with Crippen LogP contribution in [-0.2, 0) is 4.79 Å². The predicted molar refractivity (Wildman–Crippen MR) is 63.1 cm³/mol. The molecule has 0 fully saturated rings. The molecule has 0 saturated heterocycles. The number of nitrogens with one attached hydrogen (secondary N) is 1. The van der Waals surface area contributed by atoms with Gasteiger partial charge in [0.2, 0.25) is 5.91 Å². The van der Waals surface area contributed by atoms with E-state index < -0.39 is 0 Å². The lowest BCUT2D eigenvalue weighted by Crippen LogP contribution is -2.14. The number of thioether (sulfide) groups is 1. The quantitative estimate of drug-likeness (QED) is 0.783. The number of hydrogen-bond donors (Lipinski definition) is 1. The molecule has 0 aliphatic rings. The highest BCUT2D eigenvalue weighted by atomic mass is 32.2. The van der Waals surface area contributed by atoms with Crippen LogP contribution in [0.3, 0.4) is 0 Å². The van der Waals surface area contributed by atoms with Gasteiger partial charge in [0.15, 0.2) is 0 Å². The van der Waals surface area contributed by atoms with Gasteiger partial charge in [-0.25, -0.2) is 0 Å². The summed E-state index contributed by atoms with van der Waals surface area (Å²) in [4.78, 5) is 11.3. The lowest BCUT2D eigenvalue weighted by molar-refractivity contribution is -0.113. The monoisotopic (exact) mass is 227 g/mol. The van der Waals surface area contributed by atoms with Crippen molar-refractivity contribution in [3.05, 3.63) is 29.8 Å². The fourth-order valence-electron chi connectivity index (χ4n) is 1.14. The largest absolute Gasteiger partial charge is 0.325 e. The van der Waals surface area contributed by atoms with Crippen LogP contribution < -0.4 is 5.32 Å². The van der Waals surface area contributed by atoms with Crippen LogP contribution in [0.25, 0.3) is 0 Å². The molecule has 0 radical (unpaired) electrons. The van der Waals surface area contributed by atoms with Gasteiger partial charge in [0.1, 0.15) is 0 Å². The molecular weight excluding hydrogens is 213 g/mol. The molecule has 15 heavy (non-hydrogen) atoms. The van der Waals surface area contributed by atoms with Crippen LogP contribution in [0.5, 0.6) is 0 Å². The number of halogens is 1.